The zero-order valence-corrected chi connectivity index (χ0v) is 11.4. The van der Waals surface area contributed by atoms with E-state index in [4.69, 9.17) is 5.73 Å². The van der Waals surface area contributed by atoms with E-state index in [9.17, 15) is 4.79 Å². The van der Waals surface area contributed by atoms with Crippen molar-refractivity contribution >= 4 is 6.03 Å². The number of amides is 2. The maximum atomic E-state index is 12.4. The van der Waals surface area contributed by atoms with E-state index >= 15 is 0 Å². The first kappa shape index (κ1) is 12.5. The highest BCUT2D eigenvalue weighted by Gasteiger charge is 2.40. The van der Waals surface area contributed by atoms with Crippen molar-refractivity contribution in [3.8, 4) is 0 Å². The number of carbonyl (C=O) groups is 1. The van der Waals surface area contributed by atoms with Crippen LogP contribution in [0.25, 0.3) is 0 Å². The Kier molecular flexibility index (Phi) is 3.22. The molecule has 0 aromatic carbocycles. The topological polar surface area (TPSA) is 65.4 Å². The minimum Gasteiger partial charge on any atom is -0.363 e. The maximum Gasteiger partial charge on any atom is 0.320 e. The lowest BCUT2D eigenvalue weighted by Gasteiger charge is -2.32. The molecular weight excluding hydrogens is 240 g/mol. The fourth-order valence-corrected chi connectivity index (χ4v) is 3.30. The van der Waals surface area contributed by atoms with Crippen molar-refractivity contribution in [1.29, 1.82) is 0 Å². The van der Waals surface area contributed by atoms with E-state index in [0.717, 1.165) is 37.9 Å². The number of H-pyrrole nitrogens is 1. The van der Waals surface area contributed by atoms with Gasteiger partial charge in [0, 0.05) is 37.6 Å². The second kappa shape index (κ2) is 4.89. The van der Waals surface area contributed by atoms with Crippen LogP contribution >= 0.6 is 0 Å². The molecule has 3 N–H and O–H groups in total. The van der Waals surface area contributed by atoms with Crippen LogP contribution in [0.5, 0.6) is 0 Å². The van der Waals surface area contributed by atoms with Gasteiger partial charge in [-0.05, 0) is 37.8 Å². The first-order valence-corrected chi connectivity index (χ1v) is 7.09. The average molecular weight is 262 g/mol. The van der Waals surface area contributed by atoms with Gasteiger partial charge in [-0.3, -0.25) is 0 Å². The first-order valence-electron chi connectivity index (χ1n) is 7.09. The van der Waals surface area contributed by atoms with Gasteiger partial charge in [-0.15, -0.1) is 0 Å². The molecule has 5 heteroatoms. The van der Waals surface area contributed by atoms with Crippen molar-refractivity contribution in [2.45, 2.75) is 43.8 Å². The molecule has 2 aliphatic rings. The molecule has 1 saturated carbocycles. The molecule has 1 atom stereocenters. The number of rotatable bonds is 2. The second-order valence-electron chi connectivity index (χ2n) is 5.76. The predicted molar refractivity (Wildman–Crippen MR) is 73.6 cm³/mol. The van der Waals surface area contributed by atoms with Crippen LogP contribution < -0.4 is 5.73 Å². The Morgan fingerprint density at radius 3 is 2.68 bits per heavy atom. The van der Waals surface area contributed by atoms with Crippen LogP contribution in [0.15, 0.2) is 18.3 Å². The molecule has 19 heavy (non-hydrogen) atoms. The Labute approximate surface area is 113 Å². The minimum absolute atomic E-state index is 0.151. The molecular formula is C14H22N4O. The Bertz CT molecular complexity index is 436. The van der Waals surface area contributed by atoms with Crippen LogP contribution in [-0.2, 0) is 0 Å². The van der Waals surface area contributed by atoms with E-state index < -0.39 is 0 Å². The van der Waals surface area contributed by atoms with Gasteiger partial charge in [0.1, 0.15) is 0 Å². The van der Waals surface area contributed by atoms with Crippen LogP contribution in [0.1, 0.15) is 37.4 Å². The number of nitrogens with zero attached hydrogens (tertiary/aromatic N) is 2. The largest absolute Gasteiger partial charge is 0.363 e. The van der Waals surface area contributed by atoms with Crippen LogP contribution in [-0.4, -0.2) is 46.5 Å². The summed E-state index contributed by atoms with van der Waals surface area (Å²) >= 11 is 0. The Hall–Kier alpha value is -1.49. The lowest BCUT2D eigenvalue weighted by atomic mass is 9.91. The number of likely N-dealkylation sites (N-methyl/N-ethyl adjacent to an activating group) is 1. The number of hydrogen-bond donors (Lipinski definition) is 2. The molecule has 2 amide bonds. The SMILES string of the molecule is CN1C(=O)N(C2CCC(N)CC2)CC1c1ccc[nH]1. The van der Waals surface area contributed by atoms with Crippen molar-refractivity contribution in [3.05, 3.63) is 24.0 Å². The monoisotopic (exact) mass is 262 g/mol. The quantitative estimate of drug-likeness (QED) is 0.852. The fourth-order valence-electron chi connectivity index (χ4n) is 3.30. The number of nitrogens with two attached hydrogens (primary N) is 1. The van der Waals surface area contributed by atoms with Crippen molar-refractivity contribution in [2.24, 2.45) is 5.73 Å². The van der Waals surface area contributed by atoms with Gasteiger partial charge in [-0.25, -0.2) is 4.79 Å². The third kappa shape index (κ3) is 2.23. The van der Waals surface area contributed by atoms with E-state index in [1.54, 1.807) is 0 Å². The molecule has 2 fully saturated rings. The summed E-state index contributed by atoms with van der Waals surface area (Å²) in [6, 6.07) is 5.03. The summed E-state index contributed by atoms with van der Waals surface area (Å²) in [6.07, 6.45) is 6.06. The van der Waals surface area contributed by atoms with Gasteiger partial charge in [0.05, 0.1) is 6.04 Å². The van der Waals surface area contributed by atoms with Gasteiger partial charge in [0.2, 0.25) is 0 Å². The number of aromatic amines is 1. The third-order valence-corrected chi connectivity index (χ3v) is 4.55. The number of carbonyl (C=O) groups excluding carboxylic acids is 1. The zero-order valence-electron chi connectivity index (χ0n) is 11.4. The molecule has 3 rings (SSSR count). The van der Waals surface area contributed by atoms with Crippen LogP contribution in [0, 0.1) is 0 Å². The number of hydrogen-bond acceptors (Lipinski definition) is 2. The Morgan fingerprint density at radius 1 is 1.32 bits per heavy atom. The molecule has 2 heterocycles. The van der Waals surface area contributed by atoms with E-state index in [1.807, 2.05) is 29.1 Å². The minimum atomic E-state index is 0.151. The van der Waals surface area contributed by atoms with Crippen LogP contribution in [0.4, 0.5) is 4.79 Å². The molecule has 1 aliphatic carbocycles. The van der Waals surface area contributed by atoms with Crippen LogP contribution in [0.3, 0.4) is 0 Å². The molecule has 0 bridgehead atoms. The summed E-state index contributed by atoms with van der Waals surface area (Å²) in [6.45, 7) is 0.787. The van der Waals surface area contributed by atoms with Crippen molar-refractivity contribution in [1.82, 2.24) is 14.8 Å². The number of urea groups is 1. The van der Waals surface area contributed by atoms with Gasteiger partial charge in [-0.2, -0.15) is 0 Å². The molecule has 104 valence electrons. The van der Waals surface area contributed by atoms with Crippen molar-refractivity contribution in [2.75, 3.05) is 13.6 Å². The van der Waals surface area contributed by atoms with E-state index in [1.165, 1.54) is 0 Å². The predicted octanol–water partition coefficient (Wildman–Crippen LogP) is 1.69. The number of aromatic nitrogens is 1. The maximum absolute atomic E-state index is 12.4. The Balaban J connectivity index is 1.72. The Morgan fingerprint density at radius 2 is 2.05 bits per heavy atom. The third-order valence-electron chi connectivity index (χ3n) is 4.55. The van der Waals surface area contributed by atoms with E-state index in [2.05, 4.69) is 11.1 Å². The summed E-state index contributed by atoms with van der Waals surface area (Å²) < 4.78 is 0. The smallest absolute Gasteiger partial charge is 0.320 e. The van der Waals surface area contributed by atoms with Gasteiger partial charge >= 0.3 is 6.03 Å². The molecule has 0 radical (unpaired) electrons. The number of nitrogens with one attached hydrogen (secondary N) is 1. The summed E-state index contributed by atoms with van der Waals surface area (Å²) in [5, 5.41) is 0. The first-order chi connectivity index (χ1) is 9.16. The standard InChI is InChI=1S/C14H22N4O/c1-17-13(12-3-2-8-16-12)9-18(14(17)19)11-6-4-10(15)5-7-11/h2-3,8,10-11,13,16H,4-7,9,15H2,1H3. The molecule has 1 aromatic heterocycles. The normalized spacial score (nSPS) is 32.1. The molecule has 1 aliphatic heterocycles. The molecule has 5 nitrogen and oxygen atoms in total. The molecule has 1 unspecified atom stereocenters. The molecule has 1 saturated heterocycles. The summed E-state index contributed by atoms with van der Waals surface area (Å²) in [4.78, 5) is 19.5. The highest BCUT2D eigenvalue weighted by molar-refractivity contribution is 5.77. The highest BCUT2D eigenvalue weighted by atomic mass is 16.2. The summed E-state index contributed by atoms with van der Waals surface area (Å²) in [5.74, 6) is 0. The van der Waals surface area contributed by atoms with E-state index in [-0.39, 0.29) is 12.1 Å². The zero-order chi connectivity index (χ0) is 13.4. The second-order valence-corrected chi connectivity index (χ2v) is 5.76. The van der Waals surface area contributed by atoms with Gasteiger partial charge in [0.25, 0.3) is 0 Å². The van der Waals surface area contributed by atoms with E-state index in [0.29, 0.717) is 12.1 Å². The highest BCUT2D eigenvalue weighted by Crippen LogP contribution is 2.32. The van der Waals surface area contributed by atoms with Gasteiger partial charge in [0.15, 0.2) is 0 Å². The van der Waals surface area contributed by atoms with Crippen molar-refractivity contribution in [3.63, 3.8) is 0 Å². The van der Waals surface area contributed by atoms with Gasteiger partial charge < -0.3 is 20.5 Å². The lowest BCUT2D eigenvalue weighted by Crippen LogP contribution is -2.42. The average Bonchev–Trinajstić information content (AvgIpc) is 3.02. The summed E-state index contributed by atoms with van der Waals surface area (Å²) in [7, 11) is 1.89. The van der Waals surface area contributed by atoms with Crippen LogP contribution in [0.2, 0.25) is 0 Å². The van der Waals surface area contributed by atoms with Crippen molar-refractivity contribution < 1.29 is 4.79 Å². The summed E-state index contributed by atoms with van der Waals surface area (Å²) in [5.41, 5.74) is 7.06. The van der Waals surface area contributed by atoms with Gasteiger partial charge in [-0.1, -0.05) is 0 Å². The molecule has 0 spiro atoms. The lowest BCUT2D eigenvalue weighted by molar-refractivity contribution is 0.164. The molecule has 1 aromatic rings. The fraction of sp³-hybridized carbons (Fsp3) is 0.643.